The minimum absolute atomic E-state index is 0.0876. The molecule has 0 unspecified atom stereocenters. The maximum atomic E-state index is 11.1. The monoisotopic (exact) mass is 381 g/mol. The fourth-order valence-electron chi connectivity index (χ4n) is 2.20. The van der Waals surface area contributed by atoms with Crippen molar-refractivity contribution >= 4 is 5.69 Å². The van der Waals surface area contributed by atoms with E-state index in [1.165, 1.54) is 6.07 Å². The molecule has 0 fully saturated rings. The van der Waals surface area contributed by atoms with Gasteiger partial charge in [-0.15, -0.1) is 0 Å². The van der Waals surface area contributed by atoms with E-state index < -0.39 is 4.92 Å². The Balaban J connectivity index is 0.000000921. The molecular weight excluding hydrogens is 354 g/mol. The highest BCUT2D eigenvalue weighted by atomic mass is 16.6. The molecule has 0 heterocycles. The number of rotatable bonds is 6. The van der Waals surface area contributed by atoms with Gasteiger partial charge in [0.1, 0.15) is 6.61 Å². The van der Waals surface area contributed by atoms with Gasteiger partial charge in [0.25, 0.3) is 0 Å². The predicted molar refractivity (Wildman–Crippen MR) is 113 cm³/mol. The molecule has 0 spiro atoms. The first kappa shape index (κ1) is 22.7. The zero-order valence-electron chi connectivity index (χ0n) is 16.8. The Bertz CT molecular complexity index is 835. The standard InChI is InChI=1S/C19H15NO4.2C2H6/c21-20(22)16-10-4-5-11-17(16)24-19-13-7-6-12-18(19)23-14-15-8-2-1-3-9-15;2*1-2/h1-13H,14H2;2*1-2H3. The van der Waals surface area contributed by atoms with Crippen LogP contribution in [0.5, 0.6) is 17.2 Å². The van der Waals surface area contributed by atoms with Gasteiger partial charge in [-0.3, -0.25) is 10.1 Å². The molecule has 3 aromatic rings. The van der Waals surface area contributed by atoms with Crippen molar-refractivity contribution in [2.75, 3.05) is 0 Å². The first-order chi connectivity index (χ1) is 13.7. The normalized spacial score (nSPS) is 9.14. The molecule has 3 rings (SSSR count). The van der Waals surface area contributed by atoms with Crippen molar-refractivity contribution in [3.05, 3.63) is 94.5 Å². The van der Waals surface area contributed by atoms with Crippen LogP contribution in [0.1, 0.15) is 33.3 Å². The van der Waals surface area contributed by atoms with Gasteiger partial charge in [0.15, 0.2) is 11.5 Å². The molecule has 0 amide bonds. The fourth-order valence-corrected chi connectivity index (χ4v) is 2.20. The van der Waals surface area contributed by atoms with E-state index in [0.717, 1.165) is 5.56 Å². The highest BCUT2D eigenvalue weighted by Crippen LogP contribution is 2.36. The summed E-state index contributed by atoms with van der Waals surface area (Å²) in [6.07, 6.45) is 0. The summed E-state index contributed by atoms with van der Waals surface area (Å²) < 4.78 is 11.5. The summed E-state index contributed by atoms with van der Waals surface area (Å²) in [6.45, 7) is 8.39. The molecule has 3 aromatic carbocycles. The lowest BCUT2D eigenvalue weighted by atomic mass is 10.2. The van der Waals surface area contributed by atoms with Crippen LogP contribution in [-0.2, 0) is 6.61 Å². The van der Waals surface area contributed by atoms with E-state index in [0.29, 0.717) is 18.1 Å². The van der Waals surface area contributed by atoms with E-state index in [1.807, 2.05) is 64.1 Å². The van der Waals surface area contributed by atoms with E-state index >= 15 is 0 Å². The van der Waals surface area contributed by atoms with Crippen LogP contribution in [0.25, 0.3) is 0 Å². The lowest BCUT2D eigenvalue weighted by molar-refractivity contribution is -0.385. The highest BCUT2D eigenvalue weighted by molar-refractivity contribution is 5.50. The first-order valence-electron chi connectivity index (χ1n) is 9.41. The molecule has 0 saturated heterocycles. The Morgan fingerprint density at radius 1 is 0.714 bits per heavy atom. The fraction of sp³-hybridized carbons (Fsp3) is 0.217. The van der Waals surface area contributed by atoms with E-state index in [1.54, 1.807) is 36.4 Å². The Morgan fingerprint density at radius 2 is 1.21 bits per heavy atom. The van der Waals surface area contributed by atoms with Crippen molar-refractivity contribution < 1.29 is 14.4 Å². The lowest BCUT2D eigenvalue weighted by Crippen LogP contribution is -1.98. The Kier molecular flexibility index (Phi) is 10.5. The van der Waals surface area contributed by atoms with Crippen molar-refractivity contribution in [2.24, 2.45) is 0 Å². The van der Waals surface area contributed by atoms with Crippen molar-refractivity contribution in [1.82, 2.24) is 0 Å². The molecule has 0 aliphatic rings. The van der Waals surface area contributed by atoms with Gasteiger partial charge in [-0.2, -0.15) is 0 Å². The molecule has 148 valence electrons. The maximum absolute atomic E-state index is 11.1. The molecule has 0 saturated carbocycles. The third kappa shape index (κ3) is 6.76. The first-order valence-corrected chi connectivity index (χ1v) is 9.41. The molecule has 5 nitrogen and oxygen atoms in total. The highest BCUT2D eigenvalue weighted by Gasteiger charge is 2.16. The average Bonchev–Trinajstić information content (AvgIpc) is 2.77. The topological polar surface area (TPSA) is 61.6 Å². The second-order valence-corrected chi connectivity index (χ2v) is 5.05. The second kappa shape index (κ2) is 12.9. The molecule has 5 heteroatoms. The van der Waals surface area contributed by atoms with Gasteiger partial charge in [0.2, 0.25) is 5.75 Å². The molecule has 0 aliphatic heterocycles. The zero-order valence-corrected chi connectivity index (χ0v) is 16.8. The van der Waals surface area contributed by atoms with Gasteiger partial charge in [-0.1, -0.05) is 82.3 Å². The Hall–Kier alpha value is -3.34. The van der Waals surface area contributed by atoms with Crippen LogP contribution in [0.2, 0.25) is 0 Å². The van der Waals surface area contributed by atoms with Crippen molar-refractivity contribution in [3.63, 3.8) is 0 Å². The smallest absolute Gasteiger partial charge is 0.311 e. The number of para-hydroxylation sites is 4. The van der Waals surface area contributed by atoms with Crippen LogP contribution in [0, 0.1) is 10.1 Å². The van der Waals surface area contributed by atoms with Crippen LogP contribution in [-0.4, -0.2) is 4.92 Å². The molecule has 0 aromatic heterocycles. The van der Waals surface area contributed by atoms with E-state index in [-0.39, 0.29) is 11.4 Å². The van der Waals surface area contributed by atoms with E-state index in [4.69, 9.17) is 9.47 Å². The molecule has 0 radical (unpaired) electrons. The van der Waals surface area contributed by atoms with Gasteiger partial charge in [-0.25, -0.2) is 0 Å². The quantitative estimate of drug-likeness (QED) is 0.340. The second-order valence-electron chi connectivity index (χ2n) is 5.05. The van der Waals surface area contributed by atoms with Crippen molar-refractivity contribution in [1.29, 1.82) is 0 Å². The summed E-state index contributed by atoms with van der Waals surface area (Å²) in [7, 11) is 0. The lowest BCUT2D eigenvalue weighted by Gasteiger charge is -2.12. The number of hydrogen-bond donors (Lipinski definition) is 0. The van der Waals surface area contributed by atoms with Gasteiger partial charge in [-0.05, 0) is 23.8 Å². The van der Waals surface area contributed by atoms with Crippen molar-refractivity contribution in [2.45, 2.75) is 34.3 Å². The summed E-state index contributed by atoms with van der Waals surface area (Å²) in [5.74, 6) is 1.14. The summed E-state index contributed by atoms with van der Waals surface area (Å²) in [4.78, 5) is 10.6. The molecule has 28 heavy (non-hydrogen) atoms. The number of nitro groups is 1. The molecule has 0 N–H and O–H groups in total. The van der Waals surface area contributed by atoms with Crippen LogP contribution >= 0.6 is 0 Å². The molecular formula is C23H27NO4. The zero-order chi connectivity index (χ0) is 20.8. The van der Waals surface area contributed by atoms with Gasteiger partial charge in [0, 0.05) is 6.07 Å². The van der Waals surface area contributed by atoms with Crippen LogP contribution in [0.3, 0.4) is 0 Å². The number of benzene rings is 3. The summed E-state index contributed by atoms with van der Waals surface area (Å²) >= 11 is 0. The van der Waals surface area contributed by atoms with Crippen molar-refractivity contribution in [3.8, 4) is 17.2 Å². The average molecular weight is 381 g/mol. The number of ether oxygens (including phenoxy) is 2. The minimum Gasteiger partial charge on any atom is -0.485 e. The predicted octanol–water partition coefficient (Wildman–Crippen LogP) is 7.02. The van der Waals surface area contributed by atoms with Gasteiger partial charge < -0.3 is 9.47 Å². The molecule has 0 atom stereocenters. The van der Waals surface area contributed by atoms with Gasteiger partial charge >= 0.3 is 5.69 Å². The third-order valence-corrected chi connectivity index (χ3v) is 3.37. The summed E-state index contributed by atoms with van der Waals surface area (Å²) in [5.41, 5.74) is 0.938. The van der Waals surface area contributed by atoms with Gasteiger partial charge in [0.05, 0.1) is 4.92 Å². The molecule has 0 bridgehead atoms. The van der Waals surface area contributed by atoms with E-state index in [9.17, 15) is 10.1 Å². The number of nitro benzene ring substituents is 1. The summed E-state index contributed by atoms with van der Waals surface area (Å²) in [5, 5.41) is 11.1. The third-order valence-electron chi connectivity index (χ3n) is 3.37. The number of nitrogens with zero attached hydrogens (tertiary/aromatic N) is 1. The van der Waals surface area contributed by atoms with Crippen LogP contribution < -0.4 is 9.47 Å². The molecule has 0 aliphatic carbocycles. The maximum Gasteiger partial charge on any atom is 0.311 e. The largest absolute Gasteiger partial charge is 0.485 e. The van der Waals surface area contributed by atoms with E-state index in [2.05, 4.69) is 0 Å². The Morgan fingerprint density at radius 3 is 1.82 bits per heavy atom. The SMILES string of the molecule is CC.CC.O=[N+]([O-])c1ccccc1Oc1ccccc1OCc1ccccc1. The van der Waals surface area contributed by atoms with Crippen LogP contribution in [0.15, 0.2) is 78.9 Å². The number of hydrogen-bond acceptors (Lipinski definition) is 4. The van der Waals surface area contributed by atoms with Crippen LogP contribution in [0.4, 0.5) is 5.69 Å². The Labute approximate surface area is 166 Å². The minimum atomic E-state index is -0.469. The summed E-state index contributed by atoms with van der Waals surface area (Å²) in [6, 6.07) is 23.1.